The van der Waals surface area contributed by atoms with Crippen molar-refractivity contribution in [2.24, 2.45) is 0 Å². The Kier molecular flexibility index (Phi) is 8.36. The third kappa shape index (κ3) is 8.46. The Hall–Kier alpha value is -2.50. The molecule has 0 aliphatic heterocycles. The number of nitrogens with two attached hydrogens (primary N) is 1. The first-order valence-corrected chi connectivity index (χ1v) is 10.2. The third-order valence-corrected chi connectivity index (χ3v) is 4.08. The number of pyridine rings is 1. The number of nitrogen functional groups attached to an aromatic ring is 1. The van der Waals surface area contributed by atoms with E-state index in [1.54, 1.807) is 18.2 Å². The molecule has 0 saturated carbocycles. The number of anilines is 5. The van der Waals surface area contributed by atoms with Gasteiger partial charge in [0.15, 0.2) is 0 Å². The first-order valence-electron chi connectivity index (χ1n) is 7.64. The lowest BCUT2D eigenvalue weighted by Gasteiger charge is -2.10. The highest BCUT2D eigenvalue weighted by atomic mass is 32.2. The average Bonchev–Trinajstić information content (AvgIpc) is 2.60. The van der Waals surface area contributed by atoms with E-state index in [1.165, 1.54) is 0 Å². The molecule has 14 nitrogen and oxygen atoms in total. The summed E-state index contributed by atoms with van der Waals surface area (Å²) < 4.78 is 34.7. The van der Waals surface area contributed by atoms with Crippen molar-refractivity contribution < 1.29 is 27.6 Å². The largest absolute Gasteiger partial charge is 0.384 e. The van der Waals surface area contributed by atoms with Gasteiger partial charge in [0.05, 0.1) is 5.75 Å². The Balaban J connectivity index is 2.09. The monoisotopic (exact) mass is 434 g/mol. The SMILES string of the molecule is Nc1cccc(Nc2nc(NCCSOOO)nc(NCCS(=O)(=O)O)n2)n1. The van der Waals surface area contributed by atoms with Crippen molar-refractivity contribution in [1.29, 1.82) is 0 Å². The zero-order valence-corrected chi connectivity index (χ0v) is 15.9. The van der Waals surface area contributed by atoms with Gasteiger partial charge in [-0.2, -0.15) is 23.4 Å². The van der Waals surface area contributed by atoms with Gasteiger partial charge in [-0.05, 0) is 12.1 Å². The number of rotatable bonds is 12. The van der Waals surface area contributed by atoms with Crippen LogP contribution in [0.2, 0.25) is 0 Å². The van der Waals surface area contributed by atoms with Crippen LogP contribution < -0.4 is 21.7 Å². The van der Waals surface area contributed by atoms with Crippen molar-refractivity contribution in [2.45, 2.75) is 0 Å². The summed E-state index contributed by atoms with van der Waals surface area (Å²) in [5.74, 6) is 0.911. The van der Waals surface area contributed by atoms with Crippen LogP contribution in [0.3, 0.4) is 0 Å². The highest BCUT2D eigenvalue weighted by Crippen LogP contribution is 2.15. The van der Waals surface area contributed by atoms with Crippen molar-refractivity contribution >= 4 is 51.6 Å². The molecule has 0 amide bonds. The first kappa shape index (κ1) is 21.8. The fourth-order valence-electron chi connectivity index (χ4n) is 1.78. The molecule has 0 fully saturated rings. The molecule has 0 aromatic carbocycles. The summed E-state index contributed by atoms with van der Waals surface area (Å²) >= 11 is 0.846. The zero-order valence-electron chi connectivity index (χ0n) is 14.3. The molecular weight excluding hydrogens is 416 g/mol. The molecule has 2 aromatic rings. The summed E-state index contributed by atoms with van der Waals surface area (Å²) in [6.45, 7) is 0.230. The van der Waals surface area contributed by atoms with Gasteiger partial charge >= 0.3 is 0 Å². The Labute approximate surface area is 164 Å². The van der Waals surface area contributed by atoms with E-state index in [0.29, 0.717) is 23.9 Å². The lowest BCUT2D eigenvalue weighted by molar-refractivity contribution is -0.432. The smallest absolute Gasteiger partial charge is 0.266 e. The maximum absolute atomic E-state index is 10.8. The lowest BCUT2D eigenvalue weighted by atomic mass is 10.4. The van der Waals surface area contributed by atoms with E-state index in [-0.39, 0.29) is 24.4 Å². The molecule has 2 rings (SSSR count). The van der Waals surface area contributed by atoms with Gasteiger partial charge in [0.1, 0.15) is 11.6 Å². The van der Waals surface area contributed by atoms with Crippen LogP contribution in [-0.4, -0.2) is 62.8 Å². The third-order valence-electron chi connectivity index (χ3n) is 2.84. The maximum Gasteiger partial charge on any atom is 0.266 e. The normalized spacial score (nSPS) is 11.2. The summed E-state index contributed by atoms with van der Waals surface area (Å²) in [4.78, 5) is 16.4. The Bertz CT molecular complexity index is 871. The average molecular weight is 434 g/mol. The lowest BCUT2D eigenvalue weighted by Crippen LogP contribution is -2.18. The minimum Gasteiger partial charge on any atom is -0.384 e. The van der Waals surface area contributed by atoms with Gasteiger partial charge in [-0.25, -0.2) is 10.2 Å². The minimum atomic E-state index is -4.13. The van der Waals surface area contributed by atoms with Gasteiger partial charge in [0.2, 0.25) is 17.8 Å². The Morgan fingerprint density at radius 2 is 1.75 bits per heavy atom. The first-order chi connectivity index (χ1) is 13.4. The van der Waals surface area contributed by atoms with Crippen molar-refractivity contribution in [3.63, 3.8) is 0 Å². The Morgan fingerprint density at radius 3 is 2.39 bits per heavy atom. The van der Waals surface area contributed by atoms with E-state index in [4.69, 9.17) is 15.5 Å². The van der Waals surface area contributed by atoms with E-state index >= 15 is 0 Å². The zero-order chi connectivity index (χ0) is 20.4. The van der Waals surface area contributed by atoms with Crippen LogP contribution in [-0.2, 0) is 19.5 Å². The van der Waals surface area contributed by atoms with Crippen LogP contribution in [0.1, 0.15) is 0 Å². The van der Waals surface area contributed by atoms with Crippen LogP contribution in [0.4, 0.5) is 29.5 Å². The molecule has 16 heteroatoms. The predicted molar refractivity (Wildman–Crippen MR) is 102 cm³/mol. The summed E-state index contributed by atoms with van der Waals surface area (Å²) in [6, 6.07) is 4.96. The molecule has 2 heterocycles. The van der Waals surface area contributed by atoms with E-state index in [2.05, 4.69) is 45.3 Å². The van der Waals surface area contributed by atoms with E-state index < -0.39 is 15.9 Å². The topological polar surface area (TPSA) is 207 Å². The van der Waals surface area contributed by atoms with Gasteiger partial charge in [-0.1, -0.05) is 11.1 Å². The van der Waals surface area contributed by atoms with Crippen LogP contribution >= 0.6 is 12.0 Å². The van der Waals surface area contributed by atoms with Gasteiger partial charge in [0, 0.05) is 30.9 Å². The van der Waals surface area contributed by atoms with Gasteiger partial charge in [-0.3, -0.25) is 4.55 Å². The highest BCUT2D eigenvalue weighted by molar-refractivity contribution is 7.94. The van der Waals surface area contributed by atoms with Gasteiger partial charge < -0.3 is 21.7 Å². The molecule has 0 saturated heterocycles. The molecule has 0 spiro atoms. The molecule has 2 aromatic heterocycles. The molecule has 0 bridgehead atoms. The summed E-state index contributed by atoms with van der Waals surface area (Å²) in [6.07, 6.45) is 0. The summed E-state index contributed by atoms with van der Waals surface area (Å²) in [5.41, 5.74) is 5.63. The summed E-state index contributed by atoms with van der Waals surface area (Å²) in [5, 5.41) is 20.0. The molecule has 28 heavy (non-hydrogen) atoms. The maximum atomic E-state index is 10.8. The van der Waals surface area contributed by atoms with E-state index in [9.17, 15) is 8.42 Å². The fraction of sp³-hybridized carbons (Fsp3) is 0.333. The molecule has 0 unspecified atom stereocenters. The second-order valence-electron chi connectivity index (χ2n) is 4.98. The standard InChI is InChI=1S/C12H18N8O6S2/c13-8-2-1-3-9(16-8)17-12-19-10(14-4-6-27-26-25-21)18-11(20-12)15-5-7-28(22,23)24/h1-3,21H,4-7H2,(H,22,23,24)(H5,13,14,15,16,17,18,19,20). The molecule has 154 valence electrons. The molecule has 0 radical (unpaired) electrons. The quantitative estimate of drug-likeness (QED) is 0.0877. The molecule has 0 aliphatic rings. The number of aromatic nitrogens is 4. The Morgan fingerprint density at radius 1 is 1.07 bits per heavy atom. The van der Waals surface area contributed by atoms with Crippen molar-refractivity contribution in [3.8, 4) is 0 Å². The number of nitrogens with one attached hydrogen (secondary N) is 3. The second-order valence-corrected chi connectivity index (χ2v) is 7.34. The van der Waals surface area contributed by atoms with Crippen LogP contribution in [0.25, 0.3) is 0 Å². The van der Waals surface area contributed by atoms with E-state index in [0.717, 1.165) is 12.0 Å². The molecular formula is C12H18N8O6S2. The number of hydrogen-bond donors (Lipinski definition) is 6. The van der Waals surface area contributed by atoms with Crippen LogP contribution in [0, 0.1) is 0 Å². The van der Waals surface area contributed by atoms with Crippen LogP contribution in [0.15, 0.2) is 18.2 Å². The van der Waals surface area contributed by atoms with Crippen LogP contribution in [0.5, 0.6) is 0 Å². The van der Waals surface area contributed by atoms with Crippen molar-refractivity contribution in [2.75, 3.05) is 46.3 Å². The molecule has 7 N–H and O–H groups in total. The molecule has 0 atom stereocenters. The van der Waals surface area contributed by atoms with E-state index in [1.807, 2.05) is 0 Å². The van der Waals surface area contributed by atoms with Crippen molar-refractivity contribution in [3.05, 3.63) is 18.2 Å². The summed E-state index contributed by atoms with van der Waals surface area (Å²) in [7, 11) is -4.13. The van der Waals surface area contributed by atoms with Gasteiger partial charge in [-0.15, -0.1) is 4.33 Å². The van der Waals surface area contributed by atoms with Crippen molar-refractivity contribution in [1.82, 2.24) is 19.9 Å². The van der Waals surface area contributed by atoms with Gasteiger partial charge in [0.25, 0.3) is 10.1 Å². The highest BCUT2D eigenvalue weighted by Gasteiger charge is 2.10. The fourth-order valence-corrected chi connectivity index (χ4v) is 2.43. The molecule has 0 aliphatic carbocycles. The predicted octanol–water partition coefficient (Wildman–Crippen LogP) is 0.373. The number of nitrogens with zero attached hydrogens (tertiary/aromatic N) is 4. The number of hydrogen-bond acceptors (Lipinski definition) is 14. The minimum absolute atomic E-state index is 0.0650. The second kappa shape index (κ2) is 10.7.